The van der Waals surface area contributed by atoms with Crippen LogP contribution in [-0.4, -0.2) is 134 Å². The highest BCUT2D eigenvalue weighted by atomic mass is 16.5. The van der Waals surface area contributed by atoms with Gasteiger partial charge < -0.3 is 35.0 Å². The summed E-state index contributed by atoms with van der Waals surface area (Å²) in [4.78, 5) is 58.8. The maximum Gasteiger partial charge on any atom is 0.242 e. The van der Waals surface area contributed by atoms with Crippen LogP contribution in [0.15, 0.2) is 37.0 Å². The summed E-state index contributed by atoms with van der Waals surface area (Å²) in [5, 5.41) is 16.4. The zero-order chi connectivity index (χ0) is 37.6. The van der Waals surface area contributed by atoms with E-state index in [1.54, 1.807) is 50.0 Å². The summed E-state index contributed by atoms with van der Waals surface area (Å²) >= 11 is 0. The first-order valence-electron chi connectivity index (χ1n) is 17.5. The number of ether oxygens (including phenoxy) is 2. The standard InChI is InChI=1S/C37H65N5O7/c1-14-18-27(16-3)34(45)26(8)39-36(46)25(7)35(49-13)28-19-17-20-42(28)30(43)21-29(48-12)33(24(6)15-2)41(11)31(44)22-38-37(47)32(23(4)5)40(9)10/h14,16,18,23-26,28-29,32-35,45H,1,3,15,17,19-22H2,2,4-13H3,(H,38,47)(H,39,46)/b27-18+. The van der Waals surface area contributed by atoms with Gasteiger partial charge >= 0.3 is 0 Å². The molecule has 0 radical (unpaired) electrons. The molecular formula is C37H65N5O7. The maximum atomic E-state index is 14.0. The van der Waals surface area contributed by atoms with Crippen LogP contribution in [0.3, 0.4) is 0 Å². The summed E-state index contributed by atoms with van der Waals surface area (Å²) in [7, 11) is 8.44. The lowest BCUT2D eigenvalue weighted by Crippen LogP contribution is -2.55. The minimum absolute atomic E-state index is 0.00215. The van der Waals surface area contributed by atoms with Crippen LogP contribution in [0.5, 0.6) is 0 Å². The molecule has 12 heteroatoms. The molecule has 1 rings (SSSR count). The van der Waals surface area contributed by atoms with Gasteiger partial charge in [0.2, 0.25) is 23.6 Å². The minimum Gasteiger partial charge on any atom is -0.386 e. The van der Waals surface area contributed by atoms with E-state index >= 15 is 0 Å². The summed E-state index contributed by atoms with van der Waals surface area (Å²) in [6.07, 6.45) is 4.74. The van der Waals surface area contributed by atoms with Crippen LogP contribution in [0.4, 0.5) is 0 Å². The van der Waals surface area contributed by atoms with Crippen molar-refractivity contribution in [2.75, 3.05) is 48.5 Å². The number of amides is 4. The second kappa shape index (κ2) is 21.2. The molecule has 0 aromatic rings. The molecule has 1 aliphatic heterocycles. The Labute approximate surface area is 295 Å². The van der Waals surface area contributed by atoms with Crippen LogP contribution in [0, 0.1) is 17.8 Å². The predicted octanol–water partition coefficient (Wildman–Crippen LogP) is 2.77. The molecule has 12 nitrogen and oxygen atoms in total. The van der Waals surface area contributed by atoms with Gasteiger partial charge in [-0.25, -0.2) is 0 Å². The van der Waals surface area contributed by atoms with E-state index in [4.69, 9.17) is 9.47 Å². The van der Waals surface area contributed by atoms with Gasteiger partial charge in [0.05, 0.1) is 61.4 Å². The Morgan fingerprint density at radius 3 is 2.14 bits per heavy atom. The normalized spacial score (nSPS) is 20.1. The number of carbonyl (C=O) groups excluding carboxylic acids is 4. The topological polar surface area (TPSA) is 141 Å². The Kier molecular flexibility index (Phi) is 19.0. The number of allylic oxidation sites excluding steroid dienone is 2. The van der Waals surface area contributed by atoms with E-state index in [0.717, 1.165) is 12.8 Å². The van der Waals surface area contributed by atoms with Crippen molar-refractivity contribution in [2.45, 2.75) is 110 Å². The SMILES string of the molecule is C=C/C=C(\C=C)C(O)C(C)NC(=O)C(C)C(OC)C1CCCN1C(=O)CC(OC)C(C(C)CC)N(C)C(=O)CNC(=O)C(C(C)C)N(C)C. The van der Waals surface area contributed by atoms with Gasteiger partial charge in [0.1, 0.15) is 0 Å². The zero-order valence-corrected chi connectivity index (χ0v) is 31.9. The highest BCUT2D eigenvalue weighted by molar-refractivity contribution is 5.87. The van der Waals surface area contributed by atoms with E-state index in [0.29, 0.717) is 18.5 Å². The molecule has 0 saturated carbocycles. The van der Waals surface area contributed by atoms with Gasteiger partial charge in [-0.05, 0) is 51.3 Å². The summed E-state index contributed by atoms with van der Waals surface area (Å²) in [6, 6.07) is -1.74. The quantitative estimate of drug-likeness (QED) is 0.156. The van der Waals surface area contributed by atoms with Gasteiger partial charge in [0.25, 0.3) is 0 Å². The number of nitrogens with one attached hydrogen (secondary N) is 2. The highest BCUT2D eigenvalue weighted by Crippen LogP contribution is 2.29. The van der Waals surface area contributed by atoms with Crippen molar-refractivity contribution in [1.82, 2.24) is 25.3 Å². The molecule has 3 N–H and O–H groups in total. The van der Waals surface area contributed by atoms with Crippen LogP contribution in [0.2, 0.25) is 0 Å². The van der Waals surface area contributed by atoms with Gasteiger partial charge in [-0.1, -0.05) is 72.4 Å². The first kappa shape index (κ1) is 44.0. The number of aliphatic hydroxyl groups is 1. The van der Waals surface area contributed by atoms with Gasteiger partial charge in [0.15, 0.2) is 0 Å². The molecule has 4 amide bonds. The van der Waals surface area contributed by atoms with Crippen LogP contribution in [0.25, 0.3) is 0 Å². The van der Waals surface area contributed by atoms with Crippen molar-refractivity contribution in [3.63, 3.8) is 0 Å². The fraction of sp³-hybridized carbons (Fsp3) is 0.730. The Bertz CT molecular complexity index is 1130. The van der Waals surface area contributed by atoms with E-state index in [1.807, 2.05) is 46.7 Å². The van der Waals surface area contributed by atoms with Crippen molar-refractivity contribution < 1.29 is 33.8 Å². The number of likely N-dealkylation sites (N-methyl/N-ethyl adjacent to an activating group) is 2. The number of hydrogen-bond donors (Lipinski definition) is 3. The molecule has 9 atom stereocenters. The number of likely N-dealkylation sites (tertiary alicyclic amines) is 1. The lowest BCUT2D eigenvalue weighted by molar-refractivity contribution is -0.146. The molecule has 280 valence electrons. The molecule has 1 aliphatic rings. The van der Waals surface area contributed by atoms with E-state index in [1.165, 1.54) is 13.2 Å². The van der Waals surface area contributed by atoms with Crippen LogP contribution < -0.4 is 10.6 Å². The average molecular weight is 692 g/mol. The smallest absolute Gasteiger partial charge is 0.242 e. The largest absolute Gasteiger partial charge is 0.386 e. The fourth-order valence-electron chi connectivity index (χ4n) is 7.00. The monoisotopic (exact) mass is 691 g/mol. The lowest BCUT2D eigenvalue weighted by Gasteiger charge is -2.39. The fourth-order valence-corrected chi connectivity index (χ4v) is 7.00. The molecule has 1 saturated heterocycles. The molecule has 0 spiro atoms. The van der Waals surface area contributed by atoms with Crippen molar-refractivity contribution in [3.8, 4) is 0 Å². The number of carbonyl (C=O) groups is 4. The summed E-state index contributed by atoms with van der Waals surface area (Å²) in [5.74, 6) is -1.50. The molecule has 49 heavy (non-hydrogen) atoms. The van der Waals surface area contributed by atoms with Crippen molar-refractivity contribution in [2.24, 2.45) is 17.8 Å². The van der Waals surface area contributed by atoms with E-state index in [2.05, 4.69) is 23.8 Å². The second-order valence-corrected chi connectivity index (χ2v) is 13.9. The number of nitrogens with zero attached hydrogens (tertiary/aromatic N) is 3. The minimum atomic E-state index is -0.974. The van der Waals surface area contributed by atoms with Crippen molar-refractivity contribution in [1.29, 1.82) is 0 Å². The van der Waals surface area contributed by atoms with Crippen LogP contribution in [-0.2, 0) is 28.7 Å². The third-order valence-electron chi connectivity index (χ3n) is 9.91. The third kappa shape index (κ3) is 12.0. The van der Waals surface area contributed by atoms with Crippen molar-refractivity contribution in [3.05, 3.63) is 37.0 Å². The Hall–Kier alpha value is -3.06. The molecule has 1 fully saturated rings. The maximum absolute atomic E-state index is 14.0. The van der Waals surface area contributed by atoms with Crippen LogP contribution in [0.1, 0.15) is 67.2 Å². The first-order valence-corrected chi connectivity index (χ1v) is 17.5. The lowest BCUT2D eigenvalue weighted by atomic mass is 9.90. The molecule has 0 bridgehead atoms. The van der Waals surface area contributed by atoms with Gasteiger partial charge in [-0.3, -0.25) is 24.1 Å². The summed E-state index contributed by atoms with van der Waals surface area (Å²) in [6.45, 7) is 19.2. The second-order valence-electron chi connectivity index (χ2n) is 13.9. The summed E-state index contributed by atoms with van der Waals surface area (Å²) in [5.41, 5.74) is 0.538. The Balaban J connectivity index is 3.11. The number of hydrogen-bond acceptors (Lipinski definition) is 8. The Morgan fingerprint density at radius 2 is 1.65 bits per heavy atom. The first-order chi connectivity index (χ1) is 23.0. The summed E-state index contributed by atoms with van der Waals surface area (Å²) < 4.78 is 11.8. The highest BCUT2D eigenvalue weighted by Gasteiger charge is 2.42. The van der Waals surface area contributed by atoms with Gasteiger partial charge in [-0.2, -0.15) is 0 Å². The third-order valence-corrected chi connectivity index (χ3v) is 9.91. The number of methoxy groups -OCH3 is 2. The zero-order valence-electron chi connectivity index (χ0n) is 31.9. The molecule has 1 heterocycles. The molecular weight excluding hydrogens is 626 g/mol. The average Bonchev–Trinajstić information content (AvgIpc) is 3.54. The Morgan fingerprint density at radius 1 is 1.02 bits per heavy atom. The molecule has 0 aliphatic carbocycles. The van der Waals surface area contributed by atoms with Gasteiger partial charge in [0, 0.05) is 27.8 Å². The predicted molar refractivity (Wildman–Crippen MR) is 194 cm³/mol. The van der Waals surface area contributed by atoms with E-state index in [-0.39, 0.29) is 60.5 Å². The van der Waals surface area contributed by atoms with E-state index in [9.17, 15) is 24.3 Å². The number of aliphatic hydroxyl groups excluding tert-OH is 1. The molecule has 0 aromatic carbocycles. The van der Waals surface area contributed by atoms with Crippen molar-refractivity contribution >= 4 is 23.6 Å². The van der Waals surface area contributed by atoms with Crippen LogP contribution >= 0.6 is 0 Å². The number of rotatable bonds is 21. The van der Waals surface area contributed by atoms with Gasteiger partial charge in [-0.15, -0.1) is 0 Å². The molecule has 0 aromatic heterocycles. The molecule has 9 unspecified atom stereocenters. The van der Waals surface area contributed by atoms with E-state index < -0.39 is 36.3 Å².